The van der Waals surface area contributed by atoms with Gasteiger partial charge < -0.3 is 0 Å². The Labute approximate surface area is 104 Å². The van der Waals surface area contributed by atoms with E-state index in [0.717, 1.165) is 28.0 Å². The normalized spacial score (nSPS) is 10.8. The molecule has 0 spiro atoms. The van der Waals surface area contributed by atoms with Gasteiger partial charge in [0.2, 0.25) is 0 Å². The van der Waals surface area contributed by atoms with Crippen LogP contribution in [0.3, 0.4) is 0 Å². The van der Waals surface area contributed by atoms with E-state index in [1.807, 2.05) is 32.0 Å². The Kier molecular flexibility index (Phi) is 2.44. The van der Waals surface area contributed by atoms with Gasteiger partial charge in [-0.25, -0.2) is 4.98 Å². The van der Waals surface area contributed by atoms with E-state index in [4.69, 9.17) is 0 Å². The lowest BCUT2D eigenvalue weighted by Gasteiger charge is -2.03. The van der Waals surface area contributed by atoms with Crippen LogP contribution in [0.5, 0.6) is 0 Å². The average Bonchev–Trinajstić information content (AvgIpc) is 2.39. The lowest BCUT2D eigenvalue weighted by molar-refractivity contribution is 1.01. The molecule has 88 valence electrons. The fourth-order valence-corrected chi connectivity index (χ4v) is 1.87. The summed E-state index contributed by atoms with van der Waals surface area (Å²) < 4.78 is 0. The Morgan fingerprint density at radius 2 is 1.72 bits per heavy atom. The van der Waals surface area contributed by atoms with Gasteiger partial charge in [0.25, 0.3) is 0 Å². The van der Waals surface area contributed by atoms with Crippen LogP contribution >= 0.6 is 0 Å². The zero-order chi connectivity index (χ0) is 12.5. The van der Waals surface area contributed by atoms with Crippen molar-refractivity contribution in [3.05, 3.63) is 42.0 Å². The van der Waals surface area contributed by atoms with Crippen LogP contribution in [0.15, 0.2) is 30.6 Å². The van der Waals surface area contributed by atoms with Crippen LogP contribution in [-0.2, 0) is 0 Å². The third kappa shape index (κ3) is 1.79. The molecule has 5 heteroatoms. The van der Waals surface area contributed by atoms with Gasteiger partial charge in [-0.1, -0.05) is 0 Å². The van der Waals surface area contributed by atoms with Crippen molar-refractivity contribution < 1.29 is 0 Å². The molecule has 0 saturated carbocycles. The minimum atomic E-state index is 0.596. The van der Waals surface area contributed by atoms with Gasteiger partial charge in [0.1, 0.15) is 11.0 Å². The molecule has 0 unspecified atom stereocenters. The second-order valence-corrected chi connectivity index (χ2v) is 4.09. The van der Waals surface area contributed by atoms with Crippen molar-refractivity contribution in [1.82, 2.24) is 25.1 Å². The third-order valence-electron chi connectivity index (χ3n) is 2.68. The van der Waals surface area contributed by atoms with Crippen LogP contribution in [0, 0.1) is 13.8 Å². The van der Waals surface area contributed by atoms with Gasteiger partial charge in [0, 0.05) is 23.7 Å². The average molecular weight is 237 g/mol. The highest BCUT2D eigenvalue weighted by molar-refractivity contribution is 5.77. The second kappa shape index (κ2) is 4.10. The molecule has 0 aliphatic heterocycles. The molecule has 0 fully saturated rings. The molecule has 3 aromatic heterocycles. The van der Waals surface area contributed by atoms with Crippen LogP contribution < -0.4 is 0 Å². The van der Waals surface area contributed by atoms with Crippen molar-refractivity contribution in [1.29, 1.82) is 0 Å². The minimum absolute atomic E-state index is 0.596. The van der Waals surface area contributed by atoms with E-state index >= 15 is 0 Å². The molecule has 0 N–H and O–H groups in total. The van der Waals surface area contributed by atoms with E-state index in [0.29, 0.717) is 5.82 Å². The summed E-state index contributed by atoms with van der Waals surface area (Å²) in [6.07, 6.45) is 3.42. The van der Waals surface area contributed by atoms with Crippen molar-refractivity contribution in [2.75, 3.05) is 0 Å². The maximum atomic E-state index is 4.52. The highest BCUT2D eigenvalue weighted by atomic mass is 15.2. The van der Waals surface area contributed by atoms with E-state index in [1.54, 1.807) is 12.4 Å². The first-order chi connectivity index (χ1) is 8.74. The van der Waals surface area contributed by atoms with E-state index in [2.05, 4.69) is 25.1 Å². The van der Waals surface area contributed by atoms with Gasteiger partial charge in [-0.15, -0.1) is 10.2 Å². The number of rotatable bonds is 1. The maximum Gasteiger partial charge on any atom is 0.182 e. The van der Waals surface area contributed by atoms with E-state index in [1.165, 1.54) is 0 Å². The molecule has 0 aromatic carbocycles. The van der Waals surface area contributed by atoms with Crippen LogP contribution in [-0.4, -0.2) is 25.1 Å². The summed E-state index contributed by atoms with van der Waals surface area (Å²) in [6.45, 7) is 3.87. The molecule has 0 radical (unpaired) electrons. The molecule has 0 bridgehead atoms. The SMILES string of the molecule is Cc1cc2nnc(-c3ccncc3)nc2c(C)n1. The third-order valence-corrected chi connectivity index (χ3v) is 2.68. The number of pyridine rings is 2. The van der Waals surface area contributed by atoms with Gasteiger partial charge in [0.15, 0.2) is 5.82 Å². The predicted molar refractivity (Wildman–Crippen MR) is 67.8 cm³/mol. The number of nitrogens with zero attached hydrogens (tertiary/aromatic N) is 5. The summed E-state index contributed by atoms with van der Waals surface area (Å²) in [5, 5.41) is 8.35. The molecule has 0 aliphatic carbocycles. The lowest BCUT2D eigenvalue weighted by atomic mass is 10.2. The zero-order valence-electron chi connectivity index (χ0n) is 10.1. The largest absolute Gasteiger partial charge is 0.265 e. The van der Waals surface area contributed by atoms with Crippen molar-refractivity contribution in [2.24, 2.45) is 0 Å². The number of aromatic nitrogens is 5. The maximum absolute atomic E-state index is 4.52. The Balaban J connectivity index is 2.23. The summed E-state index contributed by atoms with van der Waals surface area (Å²) in [5.41, 5.74) is 4.27. The smallest absolute Gasteiger partial charge is 0.182 e. The molecule has 18 heavy (non-hydrogen) atoms. The van der Waals surface area contributed by atoms with Gasteiger partial charge in [0.05, 0.1) is 5.69 Å². The number of hydrogen-bond donors (Lipinski definition) is 0. The van der Waals surface area contributed by atoms with Gasteiger partial charge in [-0.2, -0.15) is 0 Å². The van der Waals surface area contributed by atoms with Crippen molar-refractivity contribution in [2.45, 2.75) is 13.8 Å². The standard InChI is InChI=1S/C13H11N5/c1-8-7-11-12(9(2)15-8)16-13(18-17-11)10-3-5-14-6-4-10/h3-7H,1-2H3. The molecule has 5 nitrogen and oxygen atoms in total. The zero-order valence-corrected chi connectivity index (χ0v) is 10.1. The first-order valence-corrected chi connectivity index (χ1v) is 5.63. The minimum Gasteiger partial charge on any atom is -0.265 e. The topological polar surface area (TPSA) is 64.5 Å². The number of aryl methyl sites for hydroxylation is 2. The monoisotopic (exact) mass is 237 g/mol. The fourth-order valence-electron chi connectivity index (χ4n) is 1.87. The summed E-state index contributed by atoms with van der Waals surface area (Å²) in [4.78, 5) is 12.9. The molecule has 3 rings (SSSR count). The fraction of sp³-hybridized carbons (Fsp3) is 0.154. The molecule has 0 aliphatic rings. The van der Waals surface area contributed by atoms with Crippen LogP contribution in [0.2, 0.25) is 0 Å². The van der Waals surface area contributed by atoms with Gasteiger partial charge >= 0.3 is 0 Å². The molecule has 0 amide bonds. The van der Waals surface area contributed by atoms with E-state index < -0.39 is 0 Å². The molecule has 3 heterocycles. The lowest BCUT2D eigenvalue weighted by Crippen LogP contribution is -1.98. The van der Waals surface area contributed by atoms with E-state index in [-0.39, 0.29) is 0 Å². The highest BCUT2D eigenvalue weighted by Gasteiger charge is 2.07. The summed E-state index contributed by atoms with van der Waals surface area (Å²) in [7, 11) is 0. The Morgan fingerprint density at radius 3 is 2.50 bits per heavy atom. The first kappa shape index (κ1) is 10.7. The quantitative estimate of drug-likeness (QED) is 0.648. The summed E-state index contributed by atoms with van der Waals surface area (Å²) in [6, 6.07) is 5.61. The van der Waals surface area contributed by atoms with Crippen molar-refractivity contribution >= 4 is 11.0 Å². The Morgan fingerprint density at radius 1 is 0.944 bits per heavy atom. The van der Waals surface area contributed by atoms with Crippen LogP contribution in [0.25, 0.3) is 22.4 Å². The number of hydrogen-bond acceptors (Lipinski definition) is 5. The molecule has 0 atom stereocenters. The summed E-state index contributed by atoms with van der Waals surface area (Å²) in [5.74, 6) is 0.596. The van der Waals surface area contributed by atoms with Crippen LogP contribution in [0.1, 0.15) is 11.4 Å². The van der Waals surface area contributed by atoms with Crippen molar-refractivity contribution in [3.8, 4) is 11.4 Å². The molecular weight excluding hydrogens is 226 g/mol. The molecular formula is C13H11N5. The van der Waals surface area contributed by atoms with Crippen molar-refractivity contribution in [3.63, 3.8) is 0 Å². The molecule has 3 aromatic rings. The Bertz CT molecular complexity index is 709. The molecule has 0 saturated heterocycles. The highest BCUT2D eigenvalue weighted by Crippen LogP contribution is 2.17. The number of fused-ring (bicyclic) bond motifs is 1. The van der Waals surface area contributed by atoms with Gasteiger partial charge in [-0.05, 0) is 32.0 Å². The van der Waals surface area contributed by atoms with E-state index in [9.17, 15) is 0 Å². The van der Waals surface area contributed by atoms with Gasteiger partial charge in [-0.3, -0.25) is 9.97 Å². The van der Waals surface area contributed by atoms with Crippen LogP contribution in [0.4, 0.5) is 0 Å². The second-order valence-electron chi connectivity index (χ2n) is 4.09. The summed E-state index contributed by atoms with van der Waals surface area (Å²) >= 11 is 0. The first-order valence-electron chi connectivity index (χ1n) is 5.63. The predicted octanol–water partition coefficient (Wildman–Crippen LogP) is 2.10. The Hall–Kier alpha value is -2.43.